The summed E-state index contributed by atoms with van der Waals surface area (Å²) in [6, 6.07) is 17.1. The quantitative estimate of drug-likeness (QED) is 0.420. The third-order valence-electron chi connectivity index (χ3n) is 4.74. The lowest BCUT2D eigenvalue weighted by atomic mass is 10.1. The number of fused-ring (bicyclic) bond motifs is 1. The molecule has 2 heterocycles. The van der Waals surface area contributed by atoms with Crippen LogP contribution in [0.25, 0.3) is 16.2 Å². The Morgan fingerprint density at radius 2 is 1.61 bits per heavy atom. The molecule has 0 spiro atoms. The summed E-state index contributed by atoms with van der Waals surface area (Å²) in [6.07, 6.45) is 2.70. The molecule has 2 aromatic heterocycles. The molecule has 4 rings (SSSR count). The van der Waals surface area contributed by atoms with Crippen molar-refractivity contribution >= 4 is 39.5 Å². The largest absolute Gasteiger partial charge is 0.326 e. The van der Waals surface area contributed by atoms with E-state index in [2.05, 4.69) is 15.6 Å². The minimum atomic E-state index is -0.105. The topological polar surface area (TPSA) is 75.5 Å². The Bertz CT molecular complexity index is 1190. The van der Waals surface area contributed by atoms with Crippen molar-refractivity contribution in [1.29, 1.82) is 0 Å². The second-order valence-corrected chi connectivity index (χ2v) is 8.66. The maximum atomic E-state index is 12.6. The Kier molecular flexibility index (Phi) is 6.13. The van der Waals surface area contributed by atoms with Gasteiger partial charge in [0.25, 0.3) is 0 Å². The normalized spacial score (nSPS) is 11.1. The van der Waals surface area contributed by atoms with Crippen molar-refractivity contribution in [2.24, 2.45) is 5.92 Å². The number of amides is 2. The molecule has 0 saturated heterocycles. The first-order valence-electron chi connectivity index (χ1n) is 10.2. The molecule has 31 heavy (non-hydrogen) atoms. The van der Waals surface area contributed by atoms with Gasteiger partial charge in [0.15, 0.2) is 4.96 Å². The number of carbonyl (C=O) groups excluding carboxylic acids is 2. The van der Waals surface area contributed by atoms with Gasteiger partial charge < -0.3 is 10.6 Å². The zero-order valence-corrected chi connectivity index (χ0v) is 18.3. The van der Waals surface area contributed by atoms with Gasteiger partial charge in [0.2, 0.25) is 11.8 Å². The van der Waals surface area contributed by atoms with Gasteiger partial charge in [-0.25, -0.2) is 4.98 Å². The van der Waals surface area contributed by atoms with E-state index in [1.54, 1.807) is 24.3 Å². The summed E-state index contributed by atoms with van der Waals surface area (Å²) in [6.45, 7) is 4.01. The highest BCUT2D eigenvalue weighted by atomic mass is 32.1. The number of imidazole rings is 1. The van der Waals surface area contributed by atoms with Gasteiger partial charge in [-0.05, 0) is 30.2 Å². The molecule has 0 saturated carbocycles. The Morgan fingerprint density at radius 3 is 2.26 bits per heavy atom. The molecule has 2 amide bonds. The molecular weight excluding hydrogens is 408 g/mol. The fourth-order valence-corrected chi connectivity index (χ4v) is 4.17. The number of hydrogen-bond donors (Lipinski definition) is 2. The third kappa shape index (κ3) is 5.19. The van der Waals surface area contributed by atoms with Crippen LogP contribution in [0.2, 0.25) is 0 Å². The van der Waals surface area contributed by atoms with Crippen LogP contribution in [-0.2, 0) is 16.0 Å². The first kappa shape index (κ1) is 20.8. The number of thiazole rings is 1. The van der Waals surface area contributed by atoms with Crippen molar-refractivity contribution in [3.05, 3.63) is 71.9 Å². The first-order valence-corrected chi connectivity index (χ1v) is 11.1. The lowest BCUT2D eigenvalue weighted by Crippen LogP contribution is -2.16. The predicted octanol–water partition coefficient (Wildman–Crippen LogP) is 5.23. The number of hydrogen-bond acceptors (Lipinski definition) is 4. The summed E-state index contributed by atoms with van der Waals surface area (Å²) < 4.78 is 1.97. The molecule has 0 radical (unpaired) electrons. The second-order valence-electron chi connectivity index (χ2n) is 7.82. The van der Waals surface area contributed by atoms with Gasteiger partial charge in [-0.15, -0.1) is 11.3 Å². The lowest BCUT2D eigenvalue weighted by Gasteiger charge is -2.09. The zero-order valence-electron chi connectivity index (χ0n) is 17.5. The number of nitrogens with one attached hydrogen (secondary N) is 2. The number of carbonyl (C=O) groups is 2. The first-order chi connectivity index (χ1) is 15.0. The van der Waals surface area contributed by atoms with Crippen LogP contribution in [0.3, 0.4) is 0 Å². The van der Waals surface area contributed by atoms with Crippen LogP contribution in [0.1, 0.15) is 26.0 Å². The van der Waals surface area contributed by atoms with Gasteiger partial charge in [-0.2, -0.15) is 0 Å². The molecular formula is C24H24N4O2S. The van der Waals surface area contributed by atoms with Crippen molar-refractivity contribution in [2.45, 2.75) is 26.7 Å². The molecule has 158 valence electrons. The van der Waals surface area contributed by atoms with Crippen molar-refractivity contribution in [3.63, 3.8) is 0 Å². The molecule has 0 aliphatic heterocycles. The smallest absolute Gasteiger partial charge is 0.230 e. The van der Waals surface area contributed by atoms with Gasteiger partial charge in [-0.3, -0.25) is 14.0 Å². The Balaban J connectivity index is 1.39. The van der Waals surface area contributed by atoms with Crippen molar-refractivity contribution in [3.8, 4) is 11.3 Å². The zero-order chi connectivity index (χ0) is 21.8. The highest BCUT2D eigenvalue weighted by Crippen LogP contribution is 2.24. The van der Waals surface area contributed by atoms with Crippen LogP contribution < -0.4 is 10.6 Å². The molecule has 2 N–H and O–H groups in total. The van der Waals surface area contributed by atoms with Gasteiger partial charge in [0.1, 0.15) is 0 Å². The third-order valence-corrected chi connectivity index (χ3v) is 5.63. The number of aromatic nitrogens is 2. The van der Waals surface area contributed by atoms with E-state index in [0.29, 0.717) is 18.0 Å². The van der Waals surface area contributed by atoms with E-state index >= 15 is 0 Å². The van der Waals surface area contributed by atoms with E-state index < -0.39 is 0 Å². The van der Waals surface area contributed by atoms with Crippen molar-refractivity contribution < 1.29 is 9.59 Å². The Labute approximate surface area is 185 Å². The molecule has 2 aromatic carbocycles. The number of benzene rings is 2. The highest BCUT2D eigenvalue weighted by molar-refractivity contribution is 7.15. The average Bonchev–Trinajstić information content (AvgIpc) is 3.31. The minimum Gasteiger partial charge on any atom is -0.326 e. The molecule has 6 nitrogen and oxygen atoms in total. The Hall–Kier alpha value is -3.45. The van der Waals surface area contributed by atoms with E-state index in [1.807, 2.05) is 60.2 Å². The van der Waals surface area contributed by atoms with Crippen LogP contribution in [0, 0.1) is 5.92 Å². The van der Waals surface area contributed by atoms with Crippen molar-refractivity contribution in [2.75, 3.05) is 10.6 Å². The standard InChI is InChI=1S/C24H24N4O2S/c1-16(2)12-22(29)25-18-8-10-19(11-9-18)26-23(30)13-20-15-31-24-27-21(14-28(20)24)17-6-4-3-5-7-17/h3-11,14-16H,12-13H2,1-2H3,(H,25,29)(H,26,30). The number of rotatable bonds is 7. The van der Waals surface area contributed by atoms with E-state index in [-0.39, 0.29) is 18.2 Å². The lowest BCUT2D eigenvalue weighted by molar-refractivity contribution is -0.117. The van der Waals surface area contributed by atoms with Crippen LogP contribution in [0.4, 0.5) is 11.4 Å². The molecule has 0 bridgehead atoms. The molecule has 0 fully saturated rings. The highest BCUT2D eigenvalue weighted by Gasteiger charge is 2.13. The summed E-state index contributed by atoms with van der Waals surface area (Å²) in [5.41, 5.74) is 4.24. The monoisotopic (exact) mass is 432 g/mol. The van der Waals surface area contributed by atoms with Gasteiger partial charge in [0.05, 0.1) is 12.1 Å². The van der Waals surface area contributed by atoms with Crippen LogP contribution in [0.5, 0.6) is 0 Å². The van der Waals surface area contributed by atoms with E-state index in [0.717, 1.165) is 27.6 Å². The summed E-state index contributed by atoms with van der Waals surface area (Å²) in [7, 11) is 0. The second kappa shape index (κ2) is 9.14. The van der Waals surface area contributed by atoms with E-state index in [4.69, 9.17) is 0 Å². The average molecular weight is 433 g/mol. The van der Waals surface area contributed by atoms with E-state index in [9.17, 15) is 9.59 Å². The summed E-state index contributed by atoms with van der Waals surface area (Å²) in [4.78, 5) is 30.0. The molecule has 0 atom stereocenters. The molecule has 7 heteroatoms. The van der Waals surface area contributed by atoms with Gasteiger partial charge in [-0.1, -0.05) is 44.2 Å². The van der Waals surface area contributed by atoms with Crippen LogP contribution >= 0.6 is 11.3 Å². The summed E-state index contributed by atoms with van der Waals surface area (Å²) >= 11 is 1.52. The van der Waals surface area contributed by atoms with Gasteiger partial charge >= 0.3 is 0 Å². The molecule has 0 aliphatic carbocycles. The minimum absolute atomic E-state index is 0.0107. The molecule has 0 unspecified atom stereocenters. The maximum Gasteiger partial charge on any atom is 0.230 e. The Morgan fingerprint density at radius 1 is 0.968 bits per heavy atom. The summed E-state index contributed by atoms with van der Waals surface area (Å²) in [5.74, 6) is 0.191. The molecule has 0 aliphatic rings. The SMILES string of the molecule is CC(C)CC(=O)Nc1ccc(NC(=O)Cc2csc3nc(-c4ccccc4)cn23)cc1. The fraction of sp³-hybridized carbons (Fsp3) is 0.208. The number of anilines is 2. The van der Waals surface area contributed by atoms with E-state index in [1.165, 1.54) is 11.3 Å². The predicted molar refractivity (Wildman–Crippen MR) is 125 cm³/mol. The fourth-order valence-electron chi connectivity index (χ4n) is 3.29. The maximum absolute atomic E-state index is 12.6. The van der Waals surface area contributed by atoms with Crippen LogP contribution in [0.15, 0.2) is 66.2 Å². The van der Waals surface area contributed by atoms with Crippen LogP contribution in [-0.4, -0.2) is 21.2 Å². The van der Waals surface area contributed by atoms with Gasteiger partial charge in [0, 0.05) is 40.6 Å². The molecule has 4 aromatic rings. The summed E-state index contributed by atoms with van der Waals surface area (Å²) in [5, 5.41) is 7.74. The number of nitrogens with zero attached hydrogens (tertiary/aromatic N) is 2. The van der Waals surface area contributed by atoms with Crippen molar-refractivity contribution in [1.82, 2.24) is 9.38 Å².